The molecule has 0 aromatic heterocycles. The maximum absolute atomic E-state index is 13.5. The van der Waals surface area contributed by atoms with E-state index in [1.165, 1.54) is 19.7 Å². The summed E-state index contributed by atoms with van der Waals surface area (Å²) < 4.78 is 21.9. The van der Waals surface area contributed by atoms with Crippen LogP contribution in [-0.2, 0) is 62.2 Å². The summed E-state index contributed by atoms with van der Waals surface area (Å²) in [6, 6.07) is 29.4. The molecule has 4 aromatic carbocycles. The monoisotopic (exact) mass is 1010 g/mol. The normalized spacial score (nSPS) is 22.2. The van der Waals surface area contributed by atoms with Gasteiger partial charge >= 0.3 is 30.2 Å². The second kappa shape index (κ2) is 23.6. The van der Waals surface area contributed by atoms with Crippen molar-refractivity contribution in [3.05, 3.63) is 130 Å². The second-order valence-corrected chi connectivity index (χ2v) is 17.3. The SMILES string of the molecule is C.C.CNC(=O)Nc1ccc2c(c1)CC[C@@]21OC(=O)N(CC(=O)N2CCOC[C@@H]2c2ccccc2)C1=O.CNC(=O)Nc1ccc2c(c1)CC[C@@]21OC(=O)N(CC(=O)O)C1=O.c1ccc([C@H]2COCCN2)cc1. The summed E-state index contributed by atoms with van der Waals surface area (Å²) in [6.45, 7) is 2.56. The Kier molecular flexibility index (Phi) is 17.6. The first-order valence-electron chi connectivity index (χ1n) is 23.1. The second-order valence-electron chi connectivity index (χ2n) is 17.3. The van der Waals surface area contributed by atoms with Gasteiger partial charge in [0.2, 0.25) is 17.1 Å². The van der Waals surface area contributed by atoms with Crippen LogP contribution in [0, 0.1) is 0 Å². The Morgan fingerprint density at radius 2 is 1.15 bits per heavy atom. The Balaban J connectivity index is 0.000000197. The van der Waals surface area contributed by atoms with Gasteiger partial charge in [-0.3, -0.25) is 19.2 Å². The molecule has 21 heteroatoms. The number of rotatable bonds is 8. The van der Waals surface area contributed by atoms with Gasteiger partial charge in [0.1, 0.15) is 13.1 Å². The van der Waals surface area contributed by atoms with E-state index >= 15 is 0 Å². The highest BCUT2D eigenvalue weighted by Crippen LogP contribution is 2.47. The van der Waals surface area contributed by atoms with Crippen molar-refractivity contribution >= 4 is 59.3 Å². The van der Waals surface area contributed by atoms with Gasteiger partial charge in [-0.1, -0.05) is 87.6 Å². The number of nitrogens with one attached hydrogen (secondary N) is 5. The number of morpholine rings is 2. The number of nitrogens with zero attached hydrogens (tertiary/aromatic N) is 3. The van der Waals surface area contributed by atoms with Crippen LogP contribution in [0.4, 0.5) is 30.6 Å². The van der Waals surface area contributed by atoms with Crippen molar-refractivity contribution in [1.82, 2.24) is 30.7 Å². The van der Waals surface area contributed by atoms with Gasteiger partial charge in [-0.25, -0.2) is 29.0 Å². The molecule has 4 aliphatic heterocycles. The molecule has 4 heterocycles. The van der Waals surface area contributed by atoms with Crippen LogP contribution in [0.3, 0.4) is 0 Å². The third kappa shape index (κ3) is 11.4. The van der Waals surface area contributed by atoms with E-state index in [4.69, 9.17) is 24.1 Å². The molecule has 4 atom stereocenters. The molecular formula is C52H62N8O13. The Morgan fingerprint density at radius 1 is 0.658 bits per heavy atom. The van der Waals surface area contributed by atoms with Gasteiger partial charge in [-0.15, -0.1) is 0 Å². The first-order chi connectivity index (χ1) is 34.3. The standard InChI is InChI=1S/C25H26N4O6.C15H15N3O6.C10H13NO.2CH4/c1-26-23(32)27-18-7-8-19-17(13-18)9-10-25(19)22(31)29(24(33)35-25)14-21(30)28-11-12-34-15-20(28)16-5-3-2-4-6-16;1-16-13(22)17-9-2-3-10-8(6-9)4-5-15(10)12(21)18(7-11(19)20)14(23)24-15;1-2-4-9(5-3-1)10-8-12-7-6-11-10;;/h2-8,13,20H,9-12,14-15H2,1H3,(H2,26,27,32);2-3,6H,4-5,7H2,1H3,(H,19,20)(H2,16,17,22);1-5,10-11H,6-8H2;2*1H4/t20-,25-;15-;10-;;/m111../s1. The molecule has 6 N–H and O–H groups in total. The van der Waals surface area contributed by atoms with Gasteiger partial charge in [-0.05, 0) is 59.4 Å². The van der Waals surface area contributed by atoms with Crippen LogP contribution >= 0.6 is 0 Å². The fourth-order valence-corrected chi connectivity index (χ4v) is 9.53. The molecule has 21 nitrogen and oxygen atoms in total. The molecule has 6 aliphatic rings. The Labute approximate surface area is 422 Å². The average Bonchev–Trinajstić information content (AvgIpc) is 4.09. The van der Waals surface area contributed by atoms with E-state index in [2.05, 4.69) is 50.8 Å². The molecule has 0 unspecified atom stereocenters. The summed E-state index contributed by atoms with van der Waals surface area (Å²) in [5.74, 6) is -2.83. The van der Waals surface area contributed by atoms with Crippen LogP contribution in [0.5, 0.6) is 0 Å². The van der Waals surface area contributed by atoms with Crippen LogP contribution in [-0.4, -0.2) is 134 Å². The number of amides is 9. The quantitative estimate of drug-likeness (QED) is 0.129. The largest absolute Gasteiger partial charge is 0.480 e. The summed E-state index contributed by atoms with van der Waals surface area (Å²) in [5, 5.41) is 22.5. The lowest BCUT2D eigenvalue weighted by Gasteiger charge is -2.36. The number of ether oxygens (including phenoxy) is 4. The number of carboxylic acids is 1. The minimum absolute atomic E-state index is 0. The Bertz CT molecular complexity index is 2700. The number of carbonyl (C=O) groups excluding carboxylic acids is 7. The van der Waals surface area contributed by atoms with Gasteiger partial charge in [0.25, 0.3) is 11.8 Å². The van der Waals surface area contributed by atoms with E-state index in [1.54, 1.807) is 41.3 Å². The summed E-state index contributed by atoms with van der Waals surface area (Å²) in [6.07, 6.45) is -0.286. The van der Waals surface area contributed by atoms with Crippen molar-refractivity contribution in [3.63, 3.8) is 0 Å². The van der Waals surface area contributed by atoms with Crippen molar-refractivity contribution in [2.75, 3.05) is 77.3 Å². The summed E-state index contributed by atoms with van der Waals surface area (Å²) in [4.78, 5) is 101. The zero-order valence-corrected chi connectivity index (χ0v) is 39.1. The summed E-state index contributed by atoms with van der Waals surface area (Å²) >= 11 is 0. The number of urea groups is 2. The van der Waals surface area contributed by atoms with Crippen molar-refractivity contribution < 1.29 is 62.4 Å². The third-order valence-corrected chi connectivity index (χ3v) is 13.0. The van der Waals surface area contributed by atoms with E-state index in [9.17, 15) is 38.4 Å². The topological polar surface area (TPSA) is 264 Å². The van der Waals surface area contributed by atoms with Crippen molar-refractivity contribution in [2.24, 2.45) is 0 Å². The van der Waals surface area contributed by atoms with Crippen LogP contribution in [0.1, 0.15) is 73.2 Å². The Hall–Kier alpha value is -7.88. The first-order valence-corrected chi connectivity index (χ1v) is 23.1. The zero-order valence-electron chi connectivity index (χ0n) is 39.1. The lowest BCUT2D eigenvalue weighted by molar-refractivity contribution is -0.146. The smallest absolute Gasteiger partial charge is 0.418 e. The molecule has 0 saturated carbocycles. The molecule has 9 amide bonds. The maximum atomic E-state index is 13.5. The van der Waals surface area contributed by atoms with Crippen molar-refractivity contribution in [2.45, 2.75) is 63.8 Å². The number of hydrogen-bond acceptors (Lipinski definition) is 13. The van der Waals surface area contributed by atoms with Crippen LogP contribution in [0.2, 0.25) is 0 Å². The predicted molar refractivity (Wildman–Crippen MR) is 266 cm³/mol. The number of imide groups is 2. The molecule has 4 aromatic rings. The van der Waals surface area contributed by atoms with Crippen molar-refractivity contribution in [1.29, 1.82) is 0 Å². The van der Waals surface area contributed by atoms with Crippen molar-refractivity contribution in [3.8, 4) is 0 Å². The van der Waals surface area contributed by atoms with Crippen LogP contribution in [0.25, 0.3) is 0 Å². The average molecular weight is 1010 g/mol. The maximum Gasteiger partial charge on any atom is 0.418 e. The van der Waals surface area contributed by atoms with Gasteiger partial charge in [0.15, 0.2) is 0 Å². The minimum atomic E-state index is -1.46. The van der Waals surface area contributed by atoms with Gasteiger partial charge in [0, 0.05) is 62.5 Å². The fourth-order valence-electron chi connectivity index (χ4n) is 9.53. The summed E-state index contributed by atoms with van der Waals surface area (Å²) in [5.41, 5.74) is 3.14. The van der Waals surface area contributed by atoms with Gasteiger partial charge in [-0.2, -0.15) is 0 Å². The number of aryl methyl sites for hydroxylation is 2. The van der Waals surface area contributed by atoms with E-state index in [0.29, 0.717) is 66.0 Å². The molecule has 2 spiro atoms. The highest BCUT2D eigenvalue weighted by Gasteiger charge is 2.60. The highest BCUT2D eigenvalue weighted by molar-refractivity contribution is 6.07. The number of aliphatic carboxylic acids is 1. The lowest BCUT2D eigenvalue weighted by Crippen LogP contribution is -2.49. The third-order valence-electron chi connectivity index (χ3n) is 13.0. The van der Waals surface area contributed by atoms with E-state index < -0.39 is 54.3 Å². The Morgan fingerprint density at radius 3 is 1.63 bits per heavy atom. The molecule has 0 bridgehead atoms. The minimum Gasteiger partial charge on any atom is -0.480 e. The number of fused-ring (bicyclic) bond motifs is 4. The van der Waals surface area contributed by atoms with Crippen LogP contribution in [0.15, 0.2) is 97.1 Å². The lowest BCUT2D eigenvalue weighted by atomic mass is 9.94. The highest BCUT2D eigenvalue weighted by atomic mass is 16.6. The number of carboxylic acid groups (broad SMARTS) is 1. The number of anilines is 2. The number of hydrogen-bond donors (Lipinski definition) is 6. The van der Waals surface area contributed by atoms with Gasteiger partial charge in [0.05, 0.1) is 38.5 Å². The molecule has 10 rings (SSSR count). The first kappa shape index (κ1) is 54.5. The van der Waals surface area contributed by atoms with E-state index in [0.717, 1.165) is 41.3 Å². The molecular weight excluding hydrogens is 945 g/mol. The molecule has 2 aliphatic carbocycles. The molecule has 388 valence electrons. The molecule has 4 saturated heterocycles. The predicted octanol–water partition coefficient (Wildman–Crippen LogP) is 5.42. The van der Waals surface area contributed by atoms with E-state index in [-0.39, 0.29) is 51.7 Å². The van der Waals surface area contributed by atoms with E-state index in [1.807, 2.05) is 36.4 Å². The fraction of sp³-hybridized carbons (Fsp3) is 0.385. The molecule has 4 fully saturated rings. The van der Waals surface area contributed by atoms with Crippen LogP contribution < -0.4 is 26.6 Å². The number of carbonyl (C=O) groups is 8. The molecule has 73 heavy (non-hydrogen) atoms. The zero-order chi connectivity index (χ0) is 50.3. The number of benzene rings is 4. The van der Waals surface area contributed by atoms with Gasteiger partial charge < -0.3 is 55.5 Å². The summed E-state index contributed by atoms with van der Waals surface area (Å²) in [7, 11) is 3.01. The molecule has 0 radical (unpaired) electrons.